The molecule has 0 spiro atoms. The zero-order valence-electron chi connectivity index (χ0n) is 38.8. The molecule has 3 nitrogen and oxygen atoms in total. The van der Waals surface area contributed by atoms with Crippen LogP contribution in [0.25, 0.3) is 64.7 Å². The molecule has 333 valence electrons. The molecule has 0 unspecified atom stereocenters. The van der Waals surface area contributed by atoms with E-state index in [-0.39, 0.29) is 0 Å². The molecule has 13 rings (SSSR count). The summed E-state index contributed by atoms with van der Waals surface area (Å²) in [5, 5.41) is 6.47. The highest BCUT2D eigenvalue weighted by Crippen LogP contribution is 2.49. The summed E-state index contributed by atoms with van der Waals surface area (Å²) in [6.07, 6.45) is 0. The van der Waals surface area contributed by atoms with E-state index in [0.717, 1.165) is 62.0 Å². The van der Waals surface area contributed by atoms with Crippen LogP contribution in [0, 0.1) is 0 Å². The maximum absolute atomic E-state index is 3.98. The maximum Gasteiger partial charge on any atom is 0.197 e. The minimum absolute atomic E-state index is 1.01. The van der Waals surface area contributed by atoms with Gasteiger partial charge in [-0.3, -0.25) is 0 Å². The summed E-state index contributed by atoms with van der Waals surface area (Å²) in [5.41, 5.74) is 20.4. The highest BCUT2D eigenvalue weighted by molar-refractivity contribution is 7.26. The van der Waals surface area contributed by atoms with E-state index in [1.165, 1.54) is 59.1 Å². The summed E-state index contributed by atoms with van der Waals surface area (Å²) in [4.78, 5) is 4.85. The summed E-state index contributed by atoms with van der Waals surface area (Å²) in [5.74, 6) is 0. The van der Waals surface area contributed by atoms with Crippen LogP contribution in [0.15, 0.2) is 267 Å². The number of hydrogen-bond acceptors (Lipinski definition) is 4. The molecule has 2 heterocycles. The number of rotatable bonds is 10. The molecule has 11 aromatic carbocycles. The zero-order chi connectivity index (χ0) is 47.1. The van der Waals surface area contributed by atoms with Gasteiger partial charge in [-0.05, 0) is 129 Å². The van der Waals surface area contributed by atoms with Gasteiger partial charge >= 0.3 is 0 Å². The van der Waals surface area contributed by atoms with E-state index < -0.39 is 0 Å². The van der Waals surface area contributed by atoms with Gasteiger partial charge in [-0.15, -0.1) is 11.3 Å². The van der Waals surface area contributed by atoms with Crippen LogP contribution in [0.2, 0.25) is 0 Å². The Bertz CT molecular complexity index is 3800. The van der Waals surface area contributed by atoms with E-state index in [1.807, 2.05) is 11.3 Å². The highest BCUT2D eigenvalue weighted by atomic mass is 32.1. The fourth-order valence-corrected chi connectivity index (χ4v) is 11.4. The molecule has 0 fully saturated rings. The molecule has 1 radical (unpaired) electrons. The lowest BCUT2D eigenvalue weighted by molar-refractivity contribution is 1.28. The molecule has 5 heteroatoms. The quantitative estimate of drug-likeness (QED) is 0.138. The van der Waals surface area contributed by atoms with Crippen LogP contribution in [0.5, 0.6) is 0 Å². The number of hydrogen-bond donors (Lipinski definition) is 1. The van der Waals surface area contributed by atoms with Crippen molar-refractivity contribution in [3.05, 3.63) is 267 Å². The number of benzene rings is 11. The van der Waals surface area contributed by atoms with Crippen LogP contribution < -0.4 is 26.0 Å². The Morgan fingerprint density at radius 1 is 0.394 bits per heavy atom. The van der Waals surface area contributed by atoms with E-state index in [2.05, 4.69) is 289 Å². The molecule has 0 bridgehead atoms. The molecule has 0 amide bonds. The topological polar surface area (TPSA) is 18.5 Å². The SMILES string of the molecule is [B]1c2cc(-c3ccccc3)ccc2N(c2ccc(-c3ccccc3)cc2)c2cc3sc4ccccc4c3c(-c3cc(N(c4ccccc4)c4ccccc4)ccc3Nc3ccc(-c4ccccc4)cc3)c21. The van der Waals surface area contributed by atoms with Crippen molar-refractivity contribution in [3.8, 4) is 44.5 Å². The van der Waals surface area contributed by atoms with Crippen molar-refractivity contribution in [3.63, 3.8) is 0 Å². The Labute approximate surface area is 419 Å². The molecule has 71 heavy (non-hydrogen) atoms. The first-order valence-electron chi connectivity index (χ1n) is 24.2. The average molecular weight is 923 g/mol. The minimum atomic E-state index is 1.01. The van der Waals surface area contributed by atoms with Gasteiger partial charge in [0.15, 0.2) is 7.28 Å². The summed E-state index contributed by atoms with van der Waals surface area (Å²) in [6.45, 7) is 0. The van der Waals surface area contributed by atoms with Crippen LogP contribution in [0.1, 0.15) is 0 Å². The molecular formula is C66H45BN3S. The van der Waals surface area contributed by atoms with Crippen LogP contribution in [0.3, 0.4) is 0 Å². The van der Waals surface area contributed by atoms with Crippen LogP contribution in [-0.2, 0) is 0 Å². The van der Waals surface area contributed by atoms with Crippen molar-refractivity contribution in [2.45, 2.75) is 0 Å². The van der Waals surface area contributed by atoms with Crippen molar-refractivity contribution in [2.75, 3.05) is 15.1 Å². The second-order valence-electron chi connectivity index (χ2n) is 18.0. The van der Waals surface area contributed by atoms with E-state index in [0.29, 0.717) is 0 Å². The van der Waals surface area contributed by atoms with Crippen LogP contribution in [0.4, 0.5) is 45.5 Å². The molecule has 1 aromatic heterocycles. The van der Waals surface area contributed by atoms with Gasteiger partial charge in [0.1, 0.15) is 0 Å². The van der Waals surface area contributed by atoms with E-state index in [9.17, 15) is 0 Å². The number of nitrogens with one attached hydrogen (secondary N) is 1. The molecule has 1 aliphatic rings. The van der Waals surface area contributed by atoms with Gasteiger partial charge in [-0.1, -0.05) is 187 Å². The van der Waals surface area contributed by atoms with Crippen molar-refractivity contribution in [2.24, 2.45) is 0 Å². The molecule has 0 saturated carbocycles. The summed E-state index contributed by atoms with van der Waals surface area (Å²) in [7, 11) is 2.45. The van der Waals surface area contributed by atoms with Gasteiger partial charge in [0.25, 0.3) is 0 Å². The molecule has 0 saturated heterocycles. The molecular weight excluding hydrogens is 878 g/mol. The number of para-hydroxylation sites is 2. The lowest BCUT2D eigenvalue weighted by Gasteiger charge is -2.36. The van der Waals surface area contributed by atoms with E-state index in [4.69, 9.17) is 0 Å². The zero-order valence-corrected chi connectivity index (χ0v) is 39.6. The summed E-state index contributed by atoms with van der Waals surface area (Å²) in [6, 6.07) is 96.5. The fourth-order valence-electron chi connectivity index (χ4n) is 10.3. The summed E-state index contributed by atoms with van der Waals surface area (Å²) < 4.78 is 2.49. The Morgan fingerprint density at radius 2 is 0.915 bits per heavy atom. The summed E-state index contributed by atoms with van der Waals surface area (Å²) >= 11 is 1.86. The monoisotopic (exact) mass is 922 g/mol. The Kier molecular flexibility index (Phi) is 10.8. The van der Waals surface area contributed by atoms with Gasteiger partial charge in [0, 0.05) is 71.2 Å². The standard InChI is InChI=1S/C66H45BN3S/c1-6-18-45(19-7-1)48-30-35-51(36-31-48)68-59-40-39-55(69(52-24-12-4-13-25-52)53-26-14-5-15-27-53)43-57(59)65-64-56-28-16-17-29-62(56)71-63(64)44-61-66(65)67-58-42-50(47-22-10-3-11-23-47)34-41-60(58)70(61)54-37-32-49(33-38-54)46-20-8-2-9-21-46/h1-44,68H. The second kappa shape index (κ2) is 18.2. The number of anilines is 8. The third-order valence-corrected chi connectivity index (χ3v) is 14.8. The highest BCUT2D eigenvalue weighted by Gasteiger charge is 2.31. The van der Waals surface area contributed by atoms with Crippen LogP contribution in [-0.4, -0.2) is 7.28 Å². The van der Waals surface area contributed by atoms with E-state index in [1.54, 1.807) is 0 Å². The molecule has 1 aliphatic heterocycles. The third kappa shape index (κ3) is 7.93. The first-order chi connectivity index (χ1) is 35.2. The Morgan fingerprint density at radius 3 is 1.54 bits per heavy atom. The van der Waals surface area contributed by atoms with E-state index >= 15 is 0 Å². The molecule has 0 aliphatic carbocycles. The van der Waals surface area contributed by atoms with Crippen molar-refractivity contribution in [1.29, 1.82) is 0 Å². The first-order valence-corrected chi connectivity index (χ1v) is 25.0. The Balaban J connectivity index is 1.08. The predicted molar refractivity (Wildman–Crippen MR) is 305 cm³/mol. The van der Waals surface area contributed by atoms with Crippen molar-refractivity contribution < 1.29 is 0 Å². The number of thiophene rings is 1. The molecule has 12 aromatic rings. The number of nitrogens with zero attached hydrogens (tertiary/aromatic N) is 2. The first kappa shape index (κ1) is 42.2. The normalized spacial score (nSPS) is 11.7. The Hall–Kier alpha value is -8.90. The van der Waals surface area contributed by atoms with Gasteiger partial charge in [-0.25, -0.2) is 0 Å². The average Bonchev–Trinajstić information content (AvgIpc) is 3.82. The van der Waals surface area contributed by atoms with Crippen LogP contribution >= 0.6 is 11.3 Å². The van der Waals surface area contributed by atoms with Gasteiger partial charge in [-0.2, -0.15) is 0 Å². The van der Waals surface area contributed by atoms with Gasteiger partial charge in [0.05, 0.1) is 0 Å². The maximum atomic E-state index is 3.98. The molecule has 1 N–H and O–H groups in total. The van der Waals surface area contributed by atoms with Crippen molar-refractivity contribution >= 4 is 95.2 Å². The third-order valence-electron chi connectivity index (χ3n) is 13.7. The van der Waals surface area contributed by atoms with Gasteiger partial charge < -0.3 is 15.1 Å². The molecule has 0 atom stereocenters. The predicted octanol–water partition coefficient (Wildman–Crippen LogP) is 17.4. The number of fused-ring (bicyclic) bond motifs is 5. The smallest absolute Gasteiger partial charge is 0.197 e. The lowest BCUT2D eigenvalue weighted by atomic mass is 9.57. The fraction of sp³-hybridized carbons (Fsp3) is 0. The largest absolute Gasteiger partial charge is 0.355 e. The minimum Gasteiger partial charge on any atom is -0.355 e. The lowest BCUT2D eigenvalue weighted by Crippen LogP contribution is -2.41. The van der Waals surface area contributed by atoms with Gasteiger partial charge in [0.2, 0.25) is 0 Å². The van der Waals surface area contributed by atoms with Crippen molar-refractivity contribution in [1.82, 2.24) is 0 Å². The second-order valence-corrected chi connectivity index (χ2v) is 19.1.